The van der Waals surface area contributed by atoms with Crippen molar-refractivity contribution in [3.63, 3.8) is 0 Å². The minimum absolute atomic E-state index is 0.207. The molecule has 0 fully saturated rings. The molecule has 1 aromatic rings. The quantitative estimate of drug-likeness (QED) is 0.864. The van der Waals surface area contributed by atoms with Crippen molar-refractivity contribution in [1.29, 1.82) is 0 Å². The Balaban J connectivity index is 3.12. The Kier molecular flexibility index (Phi) is 3.99. The summed E-state index contributed by atoms with van der Waals surface area (Å²) in [5.41, 5.74) is 0.207. The van der Waals surface area contributed by atoms with Crippen molar-refractivity contribution >= 4 is 37.4 Å². The molecule has 2 atom stereocenters. The van der Waals surface area contributed by atoms with Crippen LogP contribution in [0.3, 0.4) is 0 Å². The molecule has 0 amide bonds. The summed E-state index contributed by atoms with van der Waals surface area (Å²) in [5.74, 6) is -0.481. The number of aliphatic hydroxyl groups is 1. The number of sulfone groups is 1. The molecule has 16 heavy (non-hydrogen) atoms. The molecule has 1 aromatic carbocycles. The molecule has 1 rings (SSSR count). The van der Waals surface area contributed by atoms with Crippen molar-refractivity contribution in [2.45, 2.75) is 9.22 Å². The summed E-state index contributed by atoms with van der Waals surface area (Å²) in [6, 6.07) is 4.76. The van der Waals surface area contributed by atoms with Crippen molar-refractivity contribution in [2.24, 2.45) is 0 Å². The highest BCUT2D eigenvalue weighted by Gasteiger charge is 2.44. The van der Waals surface area contributed by atoms with Gasteiger partial charge < -0.3 is 5.11 Å². The second kappa shape index (κ2) is 4.60. The van der Waals surface area contributed by atoms with Gasteiger partial charge in [0, 0.05) is 6.26 Å². The van der Waals surface area contributed by atoms with Gasteiger partial charge in [-0.1, -0.05) is 23.7 Å². The van der Waals surface area contributed by atoms with Gasteiger partial charge in [0.05, 0.1) is 0 Å². The van der Waals surface area contributed by atoms with Crippen LogP contribution in [-0.4, -0.2) is 22.9 Å². The van der Waals surface area contributed by atoms with Gasteiger partial charge in [-0.3, -0.25) is 0 Å². The minimum Gasteiger partial charge on any atom is -0.385 e. The highest BCUT2D eigenvalue weighted by atomic mass is 79.9. The molecule has 0 saturated carbocycles. The lowest BCUT2D eigenvalue weighted by Crippen LogP contribution is -2.32. The van der Waals surface area contributed by atoms with Crippen molar-refractivity contribution in [3.05, 3.63) is 35.6 Å². The fourth-order valence-electron chi connectivity index (χ4n) is 1.04. The van der Waals surface area contributed by atoms with Gasteiger partial charge in [-0.25, -0.2) is 12.8 Å². The SMILES string of the molecule is CS(=O)(=O)[C@](Cl)(Br)[C@H](O)c1ccc(F)cc1. The Hall–Kier alpha value is -0.170. The number of halogens is 3. The third kappa shape index (κ3) is 2.74. The van der Waals surface area contributed by atoms with Gasteiger partial charge in [-0.2, -0.15) is 0 Å². The van der Waals surface area contributed by atoms with E-state index in [4.69, 9.17) is 11.6 Å². The predicted octanol–water partition coefficient (Wildman–Crippen LogP) is 2.19. The molecule has 90 valence electrons. The summed E-state index contributed by atoms with van der Waals surface area (Å²) in [4.78, 5) is 0. The molecule has 0 radical (unpaired) electrons. The Morgan fingerprint density at radius 2 is 1.88 bits per heavy atom. The van der Waals surface area contributed by atoms with Gasteiger partial charge in [0.1, 0.15) is 11.9 Å². The lowest BCUT2D eigenvalue weighted by atomic mass is 10.1. The third-order valence-electron chi connectivity index (χ3n) is 2.00. The van der Waals surface area contributed by atoms with Crippen molar-refractivity contribution < 1.29 is 17.9 Å². The molecule has 0 bridgehead atoms. The van der Waals surface area contributed by atoms with E-state index in [1.807, 2.05) is 0 Å². The van der Waals surface area contributed by atoms with E-state index >= 15 is 0 Å². The largest absolute Gasteiger partial charge is 0.385 e. The molecule has 0 aliphatic heterocycles. The van der Waals surface area contributed by atoms with Crippen LogP contribution in [0.2, 0.25) is 0 Å². The Labute approximate surface area is 106 Å². The summed E-state index contributed by atoms with van der Waals surface area (Å²) >= 11 is 8.48. The van der Waals surface area contributed by atoms with Crippen LogP contribution in [-0.2, 0) is 9.84 Å². The first-order valence-corrected chi connectivity index (χ1v) is 7.23. The van der Waals surface area contributed by atoms with Crippen LogP contribution in [0.15, 0.2) is 24.3 Å². The normalized spacial score (nSPS) is 17.8. The fraction of sp³-hybridized carbons (Fsp3) is 0.333. The monoisotopic (exact) mass is 330 g/mol. The van der Waals surface area contributed by atoms with E-state index in [9.17, 15) is 17.9 Å². The van der Waals surface area contributed by atoms with Crippen LogP contribution < -0.4 is 0 Å². The van der Waals surface area contributed by atoms with Gasteiger partial charge >= 0.3 is 0 Å². The molecule has 3 nitrogen and oxygen atoms in total. The summed E-state index contributed by atoms with van der Waals surface area (Å²) in [5, 5.41) is 9.79. The van der Waals surface area contributed by atoms with Crippen LogP contribution >= 0.6 is 27.5 Å². The number of benzene rings is 1. The first-order valence-electron chi connectivity index (χ1n) is 4.17. The van der Waals surface area contributed by atoms with Crippen molar-refractivity contribution in [3.8, 4) is 0 Å². The zero-order chi connectivity index (χ0) is 12.6. The van der Waals surface area contributed by atoms with E-state index < -0.39 is 24.9 Å². The first kappa shape index (κ1) is 13.9. The van der Waals surface area contributed by atoms with Gasteiger partial charge in [0.25, 0.3) is 0 Å². The lowest BCUT2D eigenvalue weighted by Gasteiger charge is -2.24. The molecular weight excluding hydrogens is 323 g/mol. The van der Waals surface area contributed by atoms with Gasteiger partial charge in [0.2, 0.25) is 3.12 Å². The maximum absolute atomic E-state index is 12.6. The molecule has 0 aliphatic rings. The molecule has 7 heteroatoms. The fourth-order valence-corrected chi connectivity index (χ4v) is 1.97. The second-order valence-corrected chi connectivity index (χ2v) is 8.53. The Morgan fingerprint density at radius 1 is 1.44 bits per heavy atom. The number of hydrogen-bond donors (Lipinski definition) is 1. The molecule has 0 saturated heterocycles. The third-order valence-corrected chi connectivity index (χ3v) is 6.46. The molecule has 0 aliphatic carbocycles. The zero-order valence-electron chi connectivity index (χ0n) is 8.19. The topological polar surface area (TPSA) is 54.4 Å². The van der Waals surface area contributed by atoms with Crippen molar-refractivity contribution in [2.75, 3.05) is 6.26 Å². The molecule has 0 unspecified atom stereocenters. The van der Waals surface area contributed by atoms with E-state index in [-0.39, 0.29) is 5.56 Å². The number of aliphatic hydroxyl groups excluding tert-OH is 1. The Bertz CT molecular complexity index is 472. The van der Waals surface area contributed by atoms with E-state index in [0.717, 1.165) is 18.4 Å². The van der Waals surface area contributed by atoms with E-state index in [1.165, 1.54) is 12.1 Å². The maximum Gasteiger partial charge on any atom is 0.228 e. The molecule has 0 spiro atoms. The van der Waals surface area contributed by atoms with Crippen LogP contribution in [0.4, 0.5) is 4.39 Å². The van der Waals surface area contributed by atoms with Gasteiger partial charge in [-0.05, 0) is 33.6 Å². The summed E-state index contributed by atoms with van der Waals surface area (Å²) < 4.78 is 33.3. The summed E-state index contributed by atoms with van der Waals surface area (Å²) in [6.07, 6.45) is -0.605. The van der Waals surface area contributed by atoms with E-state index in [0.29, 0.717) is 0 Å². The summed E-state index contributed by atoms with van der Waals surface area (Å²) in [7, 11) is -3.72. The zero-order valence-corrected chi connectivity index (χ0v) is 11.4. The van der Waals surface area contributed by atoms with E-state index in [2.05, 4.69) is 15.9 Å². The highest BCUT2D eigenvalue weighted by Crippen LogP contribution is 2.41. The summed E-state index contributed by atoms with van der Waals surface area (Å²) in [6.45, 7) is 0. The minimum atomic E-state index is -3.72. The highest BCUT2D eigenvalue weighted by molar-refractivity contribution is 9.12. The molecule has 0 aromatic heterocycles. The van der Waals surface area contributed by atoms with Gasteiger partial charge in [-0.15, -0.1) is 0 Å². The first-order chi connectivity index (χ1) is 7.16. The lowest BCUT2D eigenvalue weighted by molar-refractivity contribution is 0.185. The number of alkyl halides is 2. The second-order valence-electron chi connectivity index (χ2n) is 3.29. The van der Waals surface area contributed by atoms with Crippen LogP contribution in [0.25, 0.3) is 0 Å². The van der Waals surface area contributed by atoms with E-state index in [1.54, 1.807) is 0 Å². The van der Waals surface area contributed by atoms with Crippen molar-refractivity contribution in [1.82, 2.24) is 0 Å². The van der Waals surface area contributed by atoms with Gasteiger partial charge in [0.15, 0.2) is 9.84 Å². The smallest absolute Gasteiger partial charge is 0.228 e. The van der Waals surface area contributed by atoms with Crippen LogP contribution in [0.5, 0.6) is 0 Å². The number of hydrogen-bond acceptors (Lipinski definition) is 3. The van der Waals surface area contributed by atoms with Crippen LogP contribution in [0, 0.1) is 5.82 Å². The molecular formula is C9H9BrClFO3S. The molecule has 1 N–H and O–H groups in total. The average molecular weight is 332 g/mol. The molecule has 0 heterocycles. The standard InChI is InChI=1S/C9H9BrClFO3S/c1-16(14,15)9(10,11)8(13)6-2-4-7(12)5-3-6/h2-5,8,13H,1H3/t8-,9+/m1/s1. The predicted molar refractivity (Wildman–Crippen MR) is 63.7 cm³/mol. The average Bonchev–Trinajstić information content (AvgIpc) is 2.16. The maximum atomic E-state index is 12.6. The van der Waals surface area contributed by atoms with Crippen LogP contribution in [0.1, 0.15) is 11.7 Å². The number of rotatable bonds is 3. The Morgan fingerprint density at radius 3 is 2.25 bits per heavy atom.